The lowest BCUT2D eigenvalue weighted by atomic mass is 10.1. The number of methoxy groups -OCH3 is 1. The molecule has 0 aliphatic heterocycles. The van der Waals surface area contributed by atoms with Crippen LogP contribution in [-0.2, 0) is 0 Å². The van der Waals surface area contributed by atoms with Crippen molar-refractivity contribution < 1.29 is 14.1 Å². The van der Waals surface area contributed by atoms with Gasteiger partial charge in [-0.3, -0.25) is 10.1 Å². The maximum Gasteiger partial charge on any atom is 0.434 e. The maximum absolute atomic E-state index is 10.7. The van der Waals surface area contributed by atoms with E-state index in [-0.39, 0.29) is 5.88 Å². The lowest BCUT2D eigenvalue weighted by Gasteiger charge is -2.02. The van der Waals surface area contributed by atoms with Gasteiger partial charge >= 0.3 is 5.88 Å². The van der Waals surface area contributed by atoms with Gasteiger partial charge in [-0.1, -0.05) is 12.1 Å². The van der Waals surface area contributed by atoms with Gasteiger partial charge in [-0.05, 0) is 29.0 Å². The molecule has 0 unspecified atom stereocenters. The monoisotopic (exact) mass is 243 g/mol. The summed E-state index contributed by atoms with van der Waals surface area (Å²) in [5.74, 6) is 0.458. The molecule has 5 nitrogen and oxygen atoms in total. The van der Waals surface area contributed by atoms with Gasteiger partial charge in [-0.25, -0.2) is 0 Å². The molecule has 1 heterocycles. The minimum atomic E-state index is -0.536. The number of ether oxygens (including phenoxy) is 1. The second-order valence-electron chi connectivity index (χ2n) is 3.91. The number of fused-ring (bicyclic) bond motifs is 3. The standard InChI is InChI=1S/C13H9NO4/c1-17-9-4-2-8-3-5-12-11(10(8)6-9)7-13(18-12)14(15)16/h2-7H,1H3. The van der Waals surface area contributed by atoms with Gasteiger partial charge < -0.3 is 9.15 Å². The third-order valence-electron chi connectivity index (χ3n) is 2.89. The van der Waals surface area contributed by atoms with Crippen LogP contribution in [0.25, 0.3) is 21.7 Å². The third kappa shape index (κ3) is 1.48. The number of hydrogen-bond acceptors (Lipinski definition) is 4. The van der Waals surface area contributed by atoms with Gasteiger partial charge in [0.05, 0.1) is 13.2 Å². The number of rotatable bonds is 2. The molecule has 0 spiro atoms. The second-order valence-corrected chi connectivity index (χ2v) is 3.91. The molecule has 0 saturated heterocycles. The zero-order chi connectivity index (χ0) is 12.7. The van der Waals surface area contributed by atoms with Crippen LogP contribution in [0, 0.1) is 10.1 Å². The predicted octanol–water partition coefficient (Wildman–Crippen LogP) is 3.50. The van der Waals surface area contributed by atoms with Gasteiger partial charge in [0.1, 0.15) is 16.3 Å². The lowest BCUT2D eigenvalue weighted by Crippen LogP contribution is -1.82. The summed E-state index contributed by atoms with van der Waals surface area (Å²) in [6.07, 6.45) is 0. The first-order valence-electron chi connectivity index (χ1n) is 5.34. The first-order chi connectivity index (χ1) is 8.69. The molecule has 90 valence electrons. The van der Waals surface area contributed by atoms with Crippen LogP contribution in [0.2, 0.25) is 0 Å². The van der Waals surface area contributed by atoms with Crippen molar-refractivity contribution in [3.05, 3.63) is 46.5 Å². The molecule has 0 atom stereocenters. The minimum absolute atomic E-state index is 0.250. The largest absolute Gasteiger partial charge is 0.497 e. The van der Waals surface area contributed by atoms with E-state index in [0.29, 0.717) is 11.3 Å². The van der Waals surface area contributed by atoms with Crippen LogP contribution in [-0.4, -0.2) is 12.0 Å². The first-order valence-corrected chi connectivity index (χ1v) is 5.34. The fraction of sp³-hybridized carbons (Fsp3) is 0.0769. The molecule has 0 bridgehead atoms. The molecule has 2 aromatic carbocycles. The summed E-state index contributed by atoms with van der Waals surface area (Å²) in [5.41, 5.74) is 0.502. The zero-order valence-electron chi connectivity index (χ0n) is 9.54. The van der Waals surface area contributed by atoms with Crippen LogP contribution in [0.1, 0.15) is 0 Å². The van der Waals surface area contributed by atoms with Crippen LogP contribution >= 0.6 is 0 Å². The van der Waals surface area contributed by atoms with E-state index < -0.39 is 4.92 Å². The van der Waals surface area contributed by atoms with Crippen LogP contribution < -0.4 is 4.74 Å². The van der Waals surface area contributed by atoms with Crippen molar-refractivity contribution in [2.24, 2.45) is 0 Å². The van der Waals surface area contributed by atoms with Crippen molar-refractivity contribution in [3.63, 3.8) is 0 Å². The molecule has 0 amide bonds. The maximum atomic E-state index is 10.7. The van der Waals surface area contributed by atoms with E-state index >= 15 is 0 Å². The molecule has 0 N–H and O–H groups in total. The summed E-state index contributed by atoms with van der Waals surface area (Å²) in [6.45, 7) is 0. The zero-order valence-corrected chi connectivity index (χ0v) is 9.54. The van der Waals surface area contributed by atoms with Crippen LogP contribution in [0.5, 0.6) is 5.75 Å². The highest BCUT2D eigenvalue weighted by atomic mass is 16.6. The van der Waals surface area contributed by atoms with Gasteiger partial charge in [0, 0.05) is 5.39 Å². The fourth-order valence-corrected chi connectivity index (χ4v) is 2.02. The van der Waals surface area contributed by atoms with E-state index in [0.717, 1.165) is 16.2 Å². The summed E-state index contributed by atoms with van der Waals surface area (Å²) in [6, 6.07) is 10.6. The number of benzene rings is 2. The van der Waals surface area contributed by atoms with Gasteiger partial charge in [0.25, 0.3) is 0 Å². The highest BCUT2D eigenvalue weighted by Crippen LogP contribution is 2.33. The summed E-state index contributed by atoms with van der Waals surface area (Å²) in [4.78, 5) is 10.2. The molecule has 0 radical (unpaired) electrons. The summed E-state index contributed by atoms with van der Waals surface area (Å²) >= 11 is 0. The normalized spacial score (nSPS) is 10.9. The van der Waals surface area contributed by atoms with E-state index in [1.807, 2.05) is 24.3 Å². The lowest BCUT2D eigenvalue weighted by molar-refractivity contribution is -0.401. The fourth-order valence-electron chi connectivity index (χ4n) is 2.02. The molecule has 3 aromatic rings. The van der Waals surface area contributed by atoms with Gasteiger partial charge in [-0.2, -0.15) is 0 Å². The third-order valence-corrected chi connectivity index (χ3v) is 2.89. The first kappa shape index (κ1) is 10.6. The Balaban J connectivity index is 2.39. The Labute approximate surface area is 102 Å². The van der Waals surface area contributed by atoms with E-state index in [1.165, 1.54) is 6.07 Å². The molecule has 0 saturated carbocycles. The van der Waals surface area contributed by atoms with Crippen molar-refractivity contribution in [2.45, 2.75) is 0 Å². The SMILES string of the molecule is COc1ccc2ccc3oc([N+](=O)[O-])cc3c2c1. The number of nitrogens with zero attached hydrogens (tertiary/aromatic N) is 1. The topological polar surface area (TPSA) is 65.5 Å². The Kier molecular flexibility index (Phi) is 2.19. The van der Waals surface area contributed by atoms with E-state index in [9.17, 15) is 10.1 Å². The Morgan fingerprint density at radius 1 is 1.17 bits per heavy atom. The van der Waals surface area contributed by atoms with Crippen LogP contribution in [0.4, 0.5) is 5.88 Å². The van der Waals surface area contributed by atoms with Crippen molar-refractivity contribution in [1.29, 1.82) is 0 Å². The highest BCUT2D eigenvalue weighted by molar-refractivity contribution is 6.06. The summed E-state index contributed by atoms with van der Waals surface area (Å²) < 4.78 is 10.3. The van der Waals surface area contributed by atoms with Gasteiger partial charge in [0.15, 0.2) is 0 Å². The molecule has 5 heteroatoms. The quantitative estimate of drug-likeness (QED) is 0.510. The van der Waals surface area contributed by atoms with E-state index in [4.69, 9.17) is 9.15 Å². The average Bonchev–Trinajstić information content (AvgIpc) is 2.82. The van der Waals surface area contributed by atoms with Crippen molar-refractivity contribution >= 4 is 27.6 Å². The molecular weight excluding hydrogens is 234 g/mol. The number of nitro groups is 1. The average molecular weight is 243 g/mol. The predicted molar refractivity (Wildman–Crippen MR) is 66.9 cm³/mol. The number of hydrogen-bond donors (Lipinski definition) is 0. The Bertz CT molecular complexity index is 760. The van der Waals surface area contributed by atoms with Crippen molar-refractivity contribution in [1.82, 2.24) is 0 Å². The van der Waals surface area contributed by atoms with E-state index in [2.05, 4.69) is 0 Å². The number of furan rings is 1. The molecule has 0 aliphatic rings. The van der Waals surface area contributed by atoms with Crippen molar-refractivity contribution in [3.8, 4) is 5.75 Å². The second kappa shape index (κ2) is 3.73. The molecular formula is C13H9NO4. The summed E-state index contributed by atoms with van der Waals surface area (Å²) in [7, 11) is 1.58. The Morgan fingerprint density at radius 3 is 2.67 bits per heavy atom. The van der Waals surface area contributed by atoms with Gasteiger partial charge in [-0.15, -0.1) is 0 Å². The van der Waals surface area contributed by atoms with Crippen LogP contribution in [0.15, 0.2) is 40.8 Å². The Morgan fingerprint density at radius 2 is 1.94 bits per heavy atom. The van der Waals surface area contributed by atoms with Gasteiger partial charge in [0.2, 0.25) is 0 Å². The molecule has 3 rings (SSSR count). The molecule has 0 fully saturated rings. The highest BCUT2D eigenvalue weighted by Gasteiger charge is 2.15. The summed E-state index contributed by atoms with van der Waals surface area (Å²) in [5, 5.41) is 13.3. The van der Waals surface area contributed by atoms with Crippen molar-refractivity contribution in [2.75, 3.05) is 7.11 Å². The van der Waals surface area contributed by atoms with Crippen LogP contribution in [0.3, 0.4) is 0 Å². The molecule has 0 aliphatic carbocycles. The Hall–Kier alpha value is -2.56. The van der Waals surface area contributed by atoms with E-state index in [1.54, 1.807) is 13.2 Å². The smallest absolute Gasteiger partial charge is 0.434 e. The minimum Gasteiger partial charge on any atom is -0.497 e. The molecule has 18 heavy (non-hydrogen) atoms. The molecule has 1 aromatic heterocycles.